The van der Waals surface area contributed by atoms with E-state index in [-0.39, 0.29) is 17.4 Å². The van der Waals surface area contributed by atoms with Gasteiger partial charge in [-0.3, -0.25) is 0 Å². The van der Waals surface area contributed by atoms with Crippen molar-refractivity contribution in [1.29, 1.82) is 0 Å². The molecule has 0 amide bonds. The predicted molar refractivity (Wildman–Crippen MR) is 65.0 cm³/mol. The molecule has 88 valence electrons. The molecule has 0 aliphatic rings. The molecule has 0 radical (unpaired) electrons. The Labute approximate surface area is 104 Å². The van der Waals surface area contributed by atoms with Gasteiger partial charge < -0.3 is 4.74 Å². The van der Waals surface area contributed by atoms with Crippen LogP contribution >= 0.6 is 11.6 Å². The van der Waals surface area contributed by atoms with Gasteiger partial charge in [-0.15, -0.1) is 11.6 Å². The van der Waals surface area contributed by atoms with Gasteiger partial charge in [-0.1, -0.05) is 18.2 Å². The normalized spacial score (nSPS) is 10.3. The SMILES string of the molecule is Cc1cccc(Oc2ncccc2CCl)c1F. The lowest BCUT2D eigenvalue weighted by Crippen LogP contribution is -1.95. The summed E-state index contributed by atoms with van der Waals surface area (Å²) in [6, 6.07) is 8.54. The van der Waals surface area contributed by atoms with E-state index >= 15 is 0 Å². The molecule has 2 aromatic rings. The van der Waals surface area contributed by atoms with Gasteiger partial charge in [-0.25, -0.2) is 9.37 Å². The van der Waals surface area contributed by atoms with Gasteiger partial charge in [0.15, 0.2) is 11.6 Å². The van der Waals surface area contributed by atoms with E-state index < -0.39 is 0 Å². The molecular weight excluding hydrogens is 241 g/mol. The standard InChI is InChI=1S/C13H11ClFNO/c1-9-4-2-6-11(12(9)15)17-13-10(8-14)5-3-7-16-13/h2-7H,8H2,1H3. The molecule has 0 unspecified atom stereocenters. The van der Waals surface area contributed by atoms with Gasteiger partial charge in [-0.05, 0) is 24.6 Å². The summed E-state index contributed by atoms with van der Waals surface area (Å²) in [6.45, 7) is 1.68. The molecule has 17 heavy (non-hydrogen) atoms. The number of hydrogen-bond acceptors (Lipinski definition) is 2. The van der Waals surface area contributed by atoms with Crippen LogP contribution < -0.4 is 4.74 Å². The highest BCUT2D eigenvalue weighted by Gasteiger charge is 2.10. The maximum atomic E-state index is 13.7. The molecule has 0 atom stereocenters. The Kier molecular flexibility index (Phi) is 3.59. The van der Waals surface area contributed by atoms with Crippen LogP contribution in [0.2, 0.25) is 0 Å². The number of alkyl halides is 1. The third kappa shape index (κ3) is 2.56. The fourth-order valence-electron chi connectivity index (χ4n) is 1.42. The van der Waals surface area contributed by atoms with Gasteiger partial charge in [-0.2, -0.15) is 0 Å². The van der Waals surface area contributed by atoms with Crippen molar-refractivity contribution in [2.45, 2.75) is 12.8 Å². The molecule has 0 N–H and O–H groups in total. The third-order valence-corrected chi connectivity index (χ3v) is 2.64. The van der Waals surface area contributed by atoms with Crippen molar-refractivity contribution in [3.8, 4) is 11.6 Å². The zero-order chi connectivity index (χ0) is 12.3. The summed E-state index contributed by atoms with van der Waals surface area (Å²) in [5.74, 6) is 0.400. The van der Waals surface area contributed by atoms with Crippen LogP contribution in [0.3, 0.4) is 0 Å². The highest BCUT2D eigenvalue weighted by molar-refractivity contribution is 6.17. The molecule has 0 spiro atoms. The molecule has 0 saturated heterocycles. The maximum Gasteiger partial charge on any atom is 0.223 e. The van der Waals surface area contributed by atoms with Crippen LogP contribution in [0.15, 0.2) is 36.5 Å². The van der Waals surface area contributed by atoms with Crippen molar-refractivity contribution < 1.29 is 9.13 Å². The molecular formula is C13H11ClFNO. The van der Waals surface area contributed by atoms with Crippen LogP contribution in [0.25, 0.3) is 0 Å². The van der Waals surface area contributed by atoms with E-state index in [2.05, 4.69) is 4.98 Å². The monoisotopic (exact) mass is 251 g/mol. The molecule has 2 nitrogen and oxygen atoms in total. The summed E-state index contributed by atoms with van der Waals surface area (Å²) >= 11 is 5.76. The molecule has 0 bridgehead atoms. The Morgan fingerprint density at radius 2 is 2.12 bits per heavy atom. The van der Waals surface area contributed by atoms with E-state index in [1.807, 2.05) is 0 Å². The van der Waals surface area contributed by atoms with Crippen LogP contribution in [0.5, 0.6) is 11.6 Å². The van der Waals surface area contributed by atoms with Crippen molar-refractivity contribution in [1.82, 2.24) is 4.98 Å². The van der Waals surface area contributed by atoms with E-state index in [0.717, 1.165) is 5.56 Å². The first-order valence-corrected chi connectivity index (χ1v) is 5.68. The smallest absolute Gasteiger partial charge is 0.223 e. The number of aryl methyl sites for hydroxylation is 1. The van der Waals surface area contributed by atoms with Crippen molar-refractivity contribution in [2.75, 3.05) is 0 Å². The number of nitrogens with zero attached hydrogens (tertiary/aromatic N) is 1. The topological polar surface area (TPSA) is 22.1 Å². The molecule has 0 saturated carbocycles. The Hall–Kier alpha value is -1.61. The second kappa shape index (κ2) is 5.15. The van der Waals surface area contributed by atoms with E-state index in [1.165, 1.54) is 0 Å². The molecule has 0 aliphatic carbocycles. The highest BCUT2D eigenvalue weighted by atomic mass is 35.5. The zero-order valence-corrected chi connectivity index (χ0v) is 10.0. The molecule has 1 aromatic heterocycles. The van der Waals surface area contributed by atoms with Crippen LogP contribution in [0.1, 0.15) is 11.1 Å². The number of benzene rings is 1. The van der Waals surface area contributed by atoms with Gasteiger partial charge in [0.1, 0.15) is 0 Å². The highest BCUT2D eigenvalue weighted by Crippen LogP contribution is 2.27. The van der Waals surface area contributed by atoms with Gasteiger partial charge >= 0.3 is 0 Å². The van der Waals surface area contributed by atoms with Crippen LogP contribution in [0, 0.1) is 12.7 Å². The minimum atomic E-state index is -0.376. The number of halogens is 2. The van der Waals surface area contributed by atoms with Gasteiger partial charge in [0.25, 0.3) is 0 Å². The third-order valence-electron chi connectivity index (χ3n) is 2.36. The molecule has 4 heteroatoms. The van der Waals surface area contributed by atoms with Crippen molar-refractivity contribution in [2.24, 2.45) is 0 Å². The Morgan fingerprint density at radius 3 is 2.88 bits per heavy atom. The van der Waals surface area contributed by atoms with Gasteiger partial charge in [0.2, 0.25) is 5.88 Å². The number of rotatable bonds is 3. The fourth-order valence-corrected chi connectivity index (χ4v) is 1.62. The number of pyridine rings is 1. The fraction of sp³-hybridized carbons (Fsp3) is 0.154. The van der Waals surface area contributed by atoms with Crippen LogP contribution in [0.4, 0.5) is 4.39 Å². The molecule has 1 heterocycles. The minimum absolute atomic E-state index is 0.162. The first kappa shape index (κ1) is 11.9. The summed E-state index contributed by atoms with van der Waals surface area (Å²) in [5, 5.41) is 0. The average molecular weight is 252 g/mol. The van der Waals surface area contributed by atoms with Gasteiger partial charge in [0.05, 0.1) is 5.88 Å². The number of hydrogen-bond donors (Lipinski definition) is 0. The summed E-state index contributed by atoms with van der Waals surface area (Å²) in [7, 11) is 0. The summed E-state index contributed by atoms with van der Waals surface area (Å²) in [6.07, 6.45) is 1.58. The Balaban J connectivity index is 2.35. The van der Waals surface area contributed by atoms with E-state index in [0.29, 0.717) is 11.4 Å². The lowest BCUT2D eigenvalue weighted by atomic mass is 10.2. The maximum absolute atomic E-state index is 13.7. The quantitative estimate of drug-likeness (QED) is 0.768. The average Bonchev–Trinajstić information content (AvgIpc) is 2.35. The molecule has 0 aliphatic heterocycles. The Bertz CT molecular complexity index is 531. The van der Waals surface area contributed by atoms with Crippen molar-refractivity contribution in [3.63, 3.8) is 0 Å². The van der Waals surface area contributed by atoms with E-state index in [9.17, 15) is 4.39 Å². The molecule has 2 rings (SSSR count). The lowest BCUT2D eigenvalue weighted by molar-refractivity contribution is 0.422. The lowest BCUT2D eigenvalue weighted by Gasteiger charge is -2.09. The number of ether oxygens (including phenoxy) is 1. The van der Waals surface area contributed by atoms with Gasteiger partial charge in [0, 0.05) is 11.8 Å². The van der Waals surface area contributed by atoms with Crippen molar-refractivity contribution in [3.05, 3.63) is 53.5 Å². The summed E-state index contributed by atoms with van der Waals surface area (Å²) in [5.41, 5.74) is 1.26. The Morgan fingerprint density at radius 1 is 1.29 bits per heavy atom. The second-order valence-electron chi connectivity index (χ2n) is 3.59. The van der Waals surface area contributed by atoms with E-state index in [1.54, 1.807) is 43.5 Å². The largest absolute Gasteiger partial charge is 0.436 e. The minimum Gasteiger partial charge on any atom is -0.436 e. The molecule has 1 aromatic carbocycles. The second-order valence-corrected chi connectivity index (χ2v) is 3.86. The predicted octanol–water partition coefficient (Wildman–Crippen LogP) is 4.06. The summed E-state index contributed by atoms with van der Waals surface area (Å²) in [4.78, 5) is 4.04. The first-order valence-electron chi connectivity index (χ1n) is 5.15. The first-order chi connectivity index (χ1) is 8.22. The van der Waals surface area contributed by atoms with Crippen LogP contribution in [-0.4, -0.2) is 4.98 Å². The number of aromatic nitrogens is 1. The zero-order valence-electron chi connectivity index (χ0n) is 9.28. The van der Waals surface area contributed by atoms with E-state index in [4.69, 9.17) is 16.3 Å². The summed E-state index contributed by atoms with van der Waals surface area (Å²) < 4.78 is 19.2. The van der Waals surface area contributed by atoms with Crippen LogP contribution in [-0.2, 0) is 5.88 Å². The molecule has 0 fully saturated rings. The van der Waals surface area contributed by atoms with Crippen molar-refractivity contribution >= 4 is 11.6 Å².